The van der Waals surface area contributed by atoms with E-state index in [2.05, 4.69) is 30.8 Å². The zero-order chi connectivity index (χ0) is 9.42. The third-order valence-corrected chi connectivity index (χ3v) is 3.56. The first-order chi connectivity index (χ1) is 6.16. The van der Waals surface area contributed by atoms with Gasteiger partial charge in [-0.05, 0) is 38.8 Å². The topological polar surface area (TPSA) is 6.48 Å². The molecule has 13 heavy (non-hydrogen) atoms. The Kier molecular flexibility index (Phi) is 2.61. The van der Waals surface area contributed by atoms with Crippen LogP contribution in [0.5, 0.6) is 0 Å². The maximum absolute atomic E-state index is 2.59. The largest absolute Gasteiger partial charge is 0.304 e. The van der Waals surface area contributed by atoms with Crippen molar-refractivity contribution >= 4 is 0 Å². The zero-order valence-electron chi connectivity index (χ0n) is 9.16. The van der Waals surface area contributed by atoms with Crippen LogP contribution in [-0.2, 0) is 0 Å². The molecule has 0 aromatic heterocycles. The Morgan fingerprint density at radius 3 is 2.46 bits per heavy atom. The van der Waals surface area contributed by atoms with E-state index in [1.807, 2.05) is 0 Å². The van der Waals surface area contributed by atoms with Gasteiger partial charge in [-0.2, -0.15) is 0 Å². The minimum atomic E-state index is 0.811. The van der Waals surface area contributed by atoms with E-state index in [1.54, 1.807) is 0 Å². The van der Waals surface area contributed by atoms with Gasteiger partial charge in [0.1, 0.15) is 0 Å². The zero-order valence-corrected chi connectivity index (χ0v) is 9.16. The molecule has 0 aromatic rings. The molecule has 1 aliphatic heterocycles. The molecule has 2 fully saturated rings. The molecule has 2 heteroatoms. The SMILES string of the molecule is CC1CN(C)CC1N(C)CC1CC1. The lowest BCUT2D eigenvalue weighted by molar-refractivity contribution is 0.206. The summed E-state index contributed by atoms with van der Waals surface area (Å²) in [5.41, 5.74) is 0. The Bertz CT molecular complexity index is 177. The first kappa shape index (κ1) is 9.47. The summed E-state index contributed by atoms with van der Waals surface area (Å²) in [4.78, 5) is 5.05. The molecule has 0 aromatic carbocycles. The van der Waals surface area contributed by atoms with Crippen molar-refractivity contribution in [3.8, 4) is 0 Å². The predicted molar refractivity (Wildman–Crippen MR) is 55.8 cm³/mol. The first-order valence-corrected chi connectivity index (χ1v) is 5.55. The average molecular weight is 182 g/mol. The van der Waals surface area contributed by atoms with Crippen LogP contribution in [0.25, 0.3) is 0 Å². The van der Waals surface area contributed by atoms with Gasteiger partial charge in [0.25, 0.3) is 0 Å². The normalized spacial score (nSPS) is 36.0. The van der Waals surface area contributed by atoms with Crippen LogP contribution in [-0.4, -0.2) is 49.6 Å². The molecular formula is C11H22N2. The van der Waals surface area contributed by atoms with Crippen molar-refractivity contribution in [2.24, 2.45) is 11.8 Å². The van der Waals surface area contributed by atoms with Crippen molar-refractivity contribution in [1.29, 1.82) is 0 Å². The van der Waals surface area contributed by atoms with Gasteiger partial charge in [0.2, 0.25) is 0 Å². The van der Waals surface area contributed by atoms with E-state index in [-0.39, 0.29) is 0 Å². The van der Waals surface area contributed by atoms with Gasteiger partial charge < -0.3 is 9.80 Å². The number of hydrogen-bond donors (Lipinski definition) is 0. The quantitative estimate of drug-likeness (QED) is 0.649. The molecule has 2 nitrogen and oxygen atoms in total. The van der Waals surface area contributed by atoms with E-state index in [9.17, 15) is 0 Å². The molecule has 0 amide bonds. The number of rotatable bonds is 3. The van der Waals surface area contributed by atoms with Crippen LogP contribution in [0.3, 0.4) is 0 Å². The molecule has 2 atom stereocenters. The summed E-state index contributed by atoms with van der Waals surface area (Å²) < 4.78 is 0. The number of nitrogens with zero attached hydrogens (tertiary/aromatic N) is 2. The van der Waals surface area contributed by atoms with Crippen LogP contribution in [0.4, 0.5) is 0 Å². The van der Waals surface area contributed by atoms with E-state index < -0.39 is 0 Å². The van der Waals surface area contributed by atoms with Gasteiger partial charge in [-0.1, -0.05) is 6.92 Å². The minimum absolute atomic E-state index is 0.811. The predicted octanol–water partition coefficient (Wildman–Crippen LogP) is 1.28. The standard InChI is InChI=1S/C11H22N2/c1-9-6-12(2)8-11(9)13(3)7-10-4-5-10/h9-11H,4-8H2,1-3H3. The van der Waals surface area contributed by atoms with Gasteiger partial charge in [-0.3, -0.25) is 0 Å². The Hall–Kier alpha value is -0.0800. The third kappa shape index (κ3) is 2.23. The maximum atomic E-state index is 2.59. The summed E-state index contributed by atoms with van der Waals surface area (Å²) in [6.45, 7) is 6.27. The highest BCUT2D eigenvalue weighted by Gasteiger charge is 2.33. The maximum Gasteiger partial charge on any atom is 0.0257 e. The summed E-state index contributed by atoms with van der Waals surface area (Å²) in [6, 6.07) is 0.811. The van der Waals surface area contributed by atoms with Crippen molar-refractivity contribution in [3.05, 3.63) is 0 Å². The van der Waals surface area contributed by atoms with E-state index in [0.29, 0.717) is 0 Å². The fourth-order valence-corrected chi connectivity index (χ4v) is 2.60. The van der Waals surface area contributed by atoms with E-state index in [4.69, 9.17) is 0 Å². The lowest BCUT2D eigenvalue weighted by Gasteiger charge is -2.27. The molecule has 0 N–H and O–H groups in total. The molecule has 2 unspecified atom stereocenters. The molecule has 1 heterocycles. The van der Waals surface area contributed by atoms with Crippen molar-refractivity contribution in [2.45, 2.75) is 25.8 Å². The van der Waals surface area contributed by atoms with E-state index in [1.165, 1.54) is 32.5 Å². The molecule has 0 bridgehead atoms. The molecule has 0 radical (unpaired) electrons. The Morgan fingerprint density at radius 2 is 2.00 bits per heavy atom. The van der Waals surface area contributed by atoms with Gasteiger partial charge in [0, 0.05) is 25.7 Å². The van der Waals surface area contributed by atoms with Crippen molar-refractivity contribution in [1.82, 2.24) is 9.80 Å². The fraction of sp³-hybridized carbons (Fsp3) is 1.00. The molecule has 1 aliphatic carbocycles. The third-order valence-electron chi connectivity index (χ3n) is 3.56. The number of hydrogen-bond acceptors (Lipinski definition) is 2. The van der Waals surface area contributed by atoms with Gasteiger partial charge in [0.15, 0.2) is 0 Å². The lowest BCUT2D eigenvalue weighted by atomic mass is 10.1. The summed E-state index contributed by atoms with van der Waals surface area (Å²) in [5.74, 6) is 1.89. The van der Waals surface area contributed by atoms with Gasteiger partial charge in [-0.25, -0.2) is 0 Å². The fourth-order valence-electron chi connectivity index (χ4n) is 2.60. The lowest BCUT2D eigenvalue weighted by Crippen LogP contribution is -2.38. The molecule has 2 aliphatic rings. The van der Waals surface area contributed by atoms with Gasteiger partial charge in [-0.15, -0.1) is 0 Å². The second-order valence-electron chi connectivity index (χ2n) is 5.15. The minimum Gasteiger partial charge on any atom is -0.304 e. The Morgan fingerprint density at radius 1 is 1.31 bits per heavy atom. The average Bonchev–Trinajstić information content (AvgIpc) is 2.77. The summed E-state index contributed by atoms with van der Waals surface area (Å²) in [6.07, 6.45) is 2.95. The molecule has 76 valence electrons. The molecule has 0 spiro atoms. The highest BCUT2D eigenvalue weighted by molar-refractivity contribution is 4.88. The van der Waals surface area contributed by atoms with Gasteiger partial charge >= 0.3 is 0 Å². The van der Waals surface area contributed by atoms with Crippen LogP contribution in [0, 0.1) is 11.8 Å². The van der Waals surface area contributed by atoms with Crippen LogP contribution >= 0.6 is 0 Å². The summed E-state index contributed by atoms with van der Waals surface area (Å²) in [7, 11) is 4.54. The molecule has 1 saturated heterocycles. The molecule has 1 saturated carbocycles. The second-order valence-corrected chi connectivity index (χ2v) is 5.15. The molecular weight excluding hydrogens is 160 g/mol. The second kappa shape index (κ2) is 3.58. The van der Waals surface area contributed by atoms with Crippen molar-refractivity contribution < 1.29 is 0 Å². The van der Waals surface area contributed by atoms with E-state index >= 15 is 0 Å². The van der Waals surface area contributed by atoms with Crippen molar-refractivity contribution in [3.63, 3.8) is 0 Å². The number of likely N-dealkylation sites (N-methyl/N-ethyl adjacent to an activating group) is 2. The first-order valence-electron chi connectivity index (χ1n) is 5.55. The highest BCUT2D eigenvalue weighted by Crippen LogP contribution is 2.31. The number of likely N-dealkylation sites (tertiary alicyclic amines) is 1. The van der Waals surface area contributed by atoms with Crippen LogP contribution in [0.1, 0.15) is 19.8 Å². The summed E-state index contributed by atoms with van der Waals surface area (Å²) in [5, 5.41) is 0. The highest BCUT2D eigenvalue weighted by atomic mass is 15.2. The van der Waals surface area contributed by atoms with E-state index in [0.717, 1.165) is 17.9 Å². The monoisotopic (exact) mass is 182 g/mol. The van der Waals surface area contributed by atoms with Crippen LogP contribution in [0.15, 0.2) is 0 Å². The summed E-state index contributed by atoms with van der Waals surface area (Å²) >= 11 is 0. The van der Waals surface area contributed by atoms with Gasteiger partial charge in [0.05, 0.1) is 0 Å². The smallest absolute Gasteiger partial charge is 0.0257 e. The molecule has 2 rings (SSSR count). The van der Waals surface area contributed by atoms with Crippen LogP contribution in [0.2, 0.25) is 0 Å². The van der Waals surface area contributed by atoms with Crippen molar-refractivity contribution in [2.75, 3.05) is 33.7 Å². The Balaban J connectivity index is 1.83. The van der Waals surface area contributed by atoms with Crippen LogP contribution < -0.4 is 0 Å². The Labute approximate surface area is 81.9 Å².